The quantitative estimate of drug-likeness (QED) is 0.722. The predicted molar refractivity (Wildman–Crippen MR) is 92.5 cm³/mol. The molecule has 122 valence electrons. The maximum atomic E-state index is 5.89. The van der Waals surface area contributed by atoms with Crippen molar-refractivity contribution in [1.29, 1.82) is 0 Å². The van der Waals surface area contributed by atoms with E-state index in [9.17, 15) is 0 Å². The number of rotatable bonds is 2. The first kappa shape index (κ1) is 13.8. The molecule has 0 N–H and O–H groups in total. The molecule has 3 heterocycles. The SMILES string of the molecule is c1ccc2oc(N3CCN(c4ncnc5c4CCC5)CC3)nc2c1. The van der Waals surface area contributed by atoms with Gasteiger partial charge in [-0.2, -0.15) is 4.98 Å². The van der Waals surface area contributed by atoms with Crippen molar-refractivity contribution in [1.82, 2.24) is 15.0 Å². The molecule has 1 aromatic carbocycles. The van der Waals surface area contributed by atoms with Gasteiger partial charge in [-0.1, -0.05) is 12.1 Å². The summed E-state index contributed by atoms with van der Waals surface area (Å²) in [4.78, 5) is 18.2. The van der Waals surface area contributed by atoms with Crippen LogP contribution in [-0.2, 0) is 12.8 Å². The van der Waals surface area contributed by atoms with Crippen molar-refractivity contribution in [3.8, 4) is 0 Å². The summed E-state index contributed by atoms with van der Waals surface area (Å²) in [5.41, 5.74) is 4.36. The molecule has 3 aromatic rings. The summed E-state index contributed by atoms with van der Waals surface area (Å²) in [5, 5.41) is 0. The Morgan fingerprint density at radius 3 is 2.62 bits per heavy atom. The summed E-state index contributed by atoms with van der Waals surface area (Å²) in [6.07, 6.45) is 5.11. The Labute approximate surface area is 140 Å². The number of para-hydroxylation sites is 2. The number of fused-ring (bicyclic) bond motifs is 2. The zero-order chi connectivity index (χ0) is 15.9. The molecule has 1 saturated heterocycles. The van der Waals surface area contributed by atoms with E-state index in [0.29, 0.717) is 0 Å². The molecule has 1 fully saturated rings. The van der Waals surface area contributed by atoms with Gasteiger partial charge in [0, 0.05) is 37.4 Å². The van der Waals surface area contributed by atoms with Gasteiger partial charge in [0.05, 0.1) is 0 Å². The minimum Gasteiger partial charge on any atom is -0.423 e. The van der Waals surface area contributed by atoms with E-state index in [1.54, 1.807) is 6.33 Å². The maximum absolute atomic E-state index is 5.89. The monoisotopic (exact) mass is 321 g/mol. The molecule has 24 heavy (non-hydrogen) atoms. The third kappa shape index (κ3) is 2.21. The molecule has 6 nitrogen and oxygen atoms in total. The van der Waals surface area contributed by atoms with Crippen LogP contribution in [0.15, 0.2) is 35.0 Å². The molecule has 2 aliphatic rings. The molecule has 1 aliphatic heterocycles. The van der Waals surface area contributed by atoms with E-state index >= 15 is 0 Å². The minimum absolute atomic E-state index is 0.726. The fraction of sp³-hybridized carbons (Fsp3) is 0.389. The third-order valence-corrected chi connectivity index (χ3v) is 4.98. The highest BCUT2D eigenvalue weighted by molar-refractivity contribution is 5.74. The molecule has 0 radical (unpaired) electrons. The standard InChI is InChI=1S/C18H19N5O/c1-2-7-16-15(5-1)21-18(24-16)23-10-8-22(9-11-23)17-13-4-3-6-14(13)19-12-20-17/h1-2,5,7,12H,3-4,6,8-11H2. The van der Waals surface area contributed by atoms with E-state index < -0.39 is 0 Å². The topological polar surface area (TPSA) is 58.3 Å². The molecule has 5 rings (SSSR count). The van der Waals surface area contributed by atoms with Crippen molar-refractivity contribution in [3.05, 3.63) is 41.9 Å². The van der Waals surface area contributed by atoms with Gasteiger partial charge in [-0.25, -0.2) is 9.97 Å². The number of anilines is 2. The predicted octanol–water partition coefficient (Wildman–Crippen LogP) is 2.43. The van der Waals surface area contributed by atoms with Crippen LogP contribution in [0.4, 0.5) is 11.8 Å². The lowest BCUT2D eigenvalue weighted by molar-refractivity contribution is 0.540. The number of hydrogen-bond acceptors (Lipinski definition) is 6. The lowest BCUT2D eigenvalue weighted by Gasteiger charge is -2.35. The fourth-order valence-electron chi connectivity index (χ4n) is 3.72. The Morgan fingerprint density at radius 1 is 0.917 bits per heavy atom. The molecule has 0 spiro atoms. The van der Waals surface area contributed by atoms with Gasteiger partial charge in [-0.3, -0.25) is 0 Å². The van der Waals surface area contributed by atoms with Crippen molar-refractivity contribution in [2.24, 2.45) is 0 Å². The zero-order valence-electron chi connectivity index (χ0n) is 13.5. The van der Waals surface area contributed by atoms with Gasteiger partial charge < -0.3 is 14.2 Å². The first-order valence-electron chi connectivity index (χ1n) is 8.57. The smallest absolute Gasteiger partial charge is 0.298 e. The van der Waals surface area contributed by atoms with Crippen LogP contribution < -0.4 is 9.80 Å². The van der Waals surface area contributed by atoms with E-state index in [1.807, 2.05) is 24.3 Å². The number of nitrogens with zero attached hydrogens (tertiary/aromatic N) is 5. The second-order valence-corrected chi connectivity index (χ2v) is 6.41. The number of benzene rings is 1. The number of aryl methyl sites for hydroxylation is 1. The van der Waals surface area contributed by atoms with Crippen LogP contribution in [0.3, 0.4) is 0 Å². The minimum atomic E-state index is 0.726. The van der Waals surface area contributed by atoms with Crippen LogP contribution in [0.5, 0.6) is 0 Å². The average molecular weight is 321 g/mol. The number of oxazole rings is 1. The molecule has 0 amide bonds. The summed E-state index contributed by atoms with van der Waals surface area (Å²) in [6.45, 7) is 3.65. The average Bonchev–Trinajstić information content (AvgIpc) is 3.28. The summed E-state index contributed by atoms with van der Waals surface area (Å²) in [7, 11) is 0. The Balaban J connectivity index is 1.35. The van der Waals surface area contributed by atoms with Gasteiger partial charge in [0.25, 0.3) is 6.01 Å². The summed E-state index contributed by atoms with van der Waals surface area (Å²) < 4.78 is 5.89. The van der Waals surface area contributed by atoms with Crippen LogP contribution in [0.25, 0.3) is 11.1 Å². The zero-order valence-corrected chi connectivity index (χ0v) is 13.5. The van der Waals surface area contributed by atoms with Crippen LogP contribution in [-0.4, -0.2) is 41.1 Å². The van der Waals surface area contributed by atoms with E-state index in [-0.39, 0.29) is 0 Å². The Bertz CT molecular complexity index is 849. The lowest BCUT2D eigenvalue weighted by Crippen LogP contribution is -2.47. The number of hydrogen-bond donors (Lipinski definition) is 0. The van der Waals surface area contributed by atoms with Crippen molar-refractivity contribution < 1.29 is 4.42 Å². The fourth-order valence-corrected chi connectivity index (χ4v) is 3.72. The molecule has 0 atom stereocenters. The van der Waals surface area contributed by atoms with Crippen LogP contribution in [0, 0.1) is 0 Å². The van der Waals surface area contributed by atoms with E-state index in [1.165, 1.54) is 17.7 Å². The molecule has 2 aromatic heterocycles. The van der Waals surface area contributed by atoms with Crippen molar-refractivity contribution in [2.45, 2.75) is 19.3 Å². The highest BCUT2D eigenvalue weighted by Crippen LogP contribution is 2.29. The third-order valence-electron chi connectivity index (χ3n) is 4.98. The molecule has 0 saturated carbocycles. The van der Waals surface area contributed by atoms with Gasteiger partial charge in [-0.15, -0.1) is 0 Å². The normalized spacial score (nSPS) is 17.5. The highest BCUT2D eigenvalue weighted by atomic mass is 16.4. The van der Waals surface area contributed by atoms with Crippen LogP contribution in [0.2, 0.25) is 0 Å². The van der Waals surface area contributed by atoms with Crippen molar-refractivity contribution in [2.75, 3.05) is 36.0 Å². The largest absolute Gasteiger partial charge is 0.423 e. The van der Waals surface area contributed by atoms with E-state index in [0.717, 1.165) is 62.0 Å². The second kappa shape index (κ2) is 5.47. The Hall–Kier alpha value is -2.63. The van der Waals surface area contributed by atoms with Gasteiger partial charge in [0.2, 0.25) is 0 Å². The number of aromatic nitrogens is 3. The van der Waals surface area contributed by atoms with Crippen LogP contribution in [0.1, 0.15) is 17.7 Å². The second-order valence-electron chi connectivity index (χ2n) is 6.41. The van der Waals surface area contributed by atoms with Gasteiger partial charge in [0.15, 0.2) is 5.58 Å². The Kier molecular flexibility index (Phi) is 3.14. The Morgan fingerprint density at radius 2 is 1.75 bits per heavy atom. The van der Waals surface area contributed by atoms with E-state index in [2.05, 4.69) is 24.8 Å². The van der Waals surface area contributed by atoms with Crippen LogP contribution >= 0.6 is 0 Å². The molecule has 0 unspecified atom stereocenters. The lowest BCUT2D eigenvalue weighted by atomic mass is 10.2. The molecular formula is C18H19N5O. The first-order valence-corrected chi connectivity index (χ1v) is 8.57. The maximum Gasteiger partial charge on any atom is 0.298 e. The highest BCUT2D eigenvalue weighted by Gasteiger charge is 2.26. The van der Waals surface area contributed by atoms with Crippen molar-refractivity contribution in [3.63, 3.8) is 0 Å². The van der Waals surface area contributed by atoms with Gasteiger partial charge in [0.1, 0.15) is 17.7 Å². The van der Waals surface area contributed by atoms with Crippen molar-refractivity contribution >= 4 is 22.9 Å². The number of piperazine rings is 1. The van der Waals surface area contributed by atoms with Gasteiger partial charge >= 0.3 is 0 Å². The van der Waals surface area contributed by atoms with E-state index in [4.69, 9.17) is 4.42 Å². The summed E-state index contributed by atoms with van der Waals surface area (Å²) >= 11 is 0. The summed E-state index contributed by atoms with van der Waals surface area (Å²) in [5.74, 6) is 1.13. The first-order chi connectivity index (χ1) is 11.9. The van der Waals surface area contributed by atoms with Gasteiger partial charge in [-0.05, 0) is 31.4 Å². The summed E-state index contributed by atoms with van der Waals surface area (Å²) in [6, 6.07) is 8.64. The molecule has 0 bridgehead atoms. The molecule has 6 heteroatoms. The molecule has 1 aliphatic carbocycles. The molecular weight excluding hydrogens is 302 g/mol.